The fraction of sp³-hybridized carbons (Fsp3) is 0.429. The lowest BCUT2D eigenvalue weighted by molar-refractivity contribution is -0.152. The molecule has 4 aliphatic rings. The predicted molar refractivity (Wildman–Crippen MR) is 99.2 cm³/mol. The Labute approximate surface area is 171 Å². The number of ether oxygens (including phenoxy) is 8. The Morgan fingerprint density at radius 3 is 2.67 bits per heavy atom. The van der Waals surface area contributed by atoms with Crippen LogP contribution in [0.2, 0.25) is 0 Å². The first-order valence-corrected chi connectivity index (χ1v) is 9.66. The molecule has 0 bridgehead atoms. The van der Waals surface area contributed by atoms with E-state index in [1.807, 2.05) is 12.1 Å². The quantitative estimate of drug-likeness (QED) is 0.803. The van der Waals surface area contributed by atoms with Gasteiger partial charge in [0.15, 0.2) is 28.6 Å². The lowest BCUT2D eigenvalue weighted by Gasteiger charge is -2.27. The van der Waals surface area contributed by atoms with E-state index in [1.165, 1.54) is 0 Å². The van der Waals surface area contributed by atoms with Gasteiger partial charge in [0, 0.05) is 11.6 Å². The van der Waals surface area contributed by atoms with E-state index in [0.29, 0.717) is 34.5 Å². The molecular weight excluding hydrogens is 396 g/mol. The Morgan fingerprint density at radius 2 is 1.77 bits per heavy atom. The number of rotatable bonds is 4. The third-order valence-corrected chi connectivity index (χ3v) is 5.96. The first-order valence-electron chi connectivity index (χ1n) is 9.66. The number of hydrogen-bond acceptors (Lipinski definition) is 9. The smallest absolute Gasteiger partial charge is 0.231 e. The standard InChI is InChI=1S/C21H20O9/c1-23-18-12(3-5-15-19(18)29-10-27-15)17-13-7-24-20(21(13,22)8-25-17)30-11-2-4-14-16(6-11)28-9-26-14/h2-6,13,17,20,22H,7-10H2,1H3. The maximum atomic E-state index is 11.4. The fourth-order valence-corrected chi connectivity index (χ4v) is 4.43. The van der Waals surface area contributed by atoms with Crippen molar-refractivity contribution in [1.82, 2.24) is 0 Å². The molecule has 4 atom stereocenters. The zero-order valence-corrected chi connectivity index (χ0v) is 16.2. The fourth-order valence-electron chi connectivity index (χ4n) is 4.43. The largest absolute Gasteiger partial charge is 0.492 e. The molecule has 4 aliphatic heterocycles. The van der Waals surface area contributed by atoms with Crippen molar-refractivity contribution in [3.05, 3.63) is 35.9 Å². The van der Waals surface area contributed by atoms with E-state index in [9.17, 15) is 5.11 Å². The zero-order chi connectivity index (χ0) is 20.3. The molecule has 0 aromatic heterocycles. The van der Waals surface area contributed by atoms with Gasteiger partial charge in [-0.1, -0.05) is 0 Å². The Balaban J connectivity index is 1.27. The van der Waals surface area contributed by atoms with Gasteiger partial charge in [-0.2, -0.15) is 0 Å². The summed E-state index contributed by atoms with van der Waals surface area (Å²) in [5, 5.41) is 11.4. The van der Waals surface area contributed by atoms with E-state index in [4.69, 9.17) is 37.9 Å². The Kier molecular flexibility index (Phi) is 3.92. The van der Waals surface area contributed by atoms with Crippen LogP contribution in [0.15, 0.2) is 30.3 Å². The van der Waals surface area contributed by atoms with Gasteiger partial charge in [0.25, 0.3) is 0 Å². The molecule has 2 aromatic rings. The van der Waals surface area contributed by atoms with E-state index < -0.39 is 18.0 Å². The minimum Gasteiger partial charge on any atom is -0.492 e. The highest BCUT2D eigenvalue weighted by Gasteiger charge is 2.61. The highest BCUT2D eigenvalue weighted by molar-refractivity contribution is 5.58. The van der Waals surface area contributed by atoms with Crippen LogP contribution in [-0.4, -0.2) is 50.9 Å². The van der Waals surface area contributed by atoms with Crippen LogP contribution in [0.3, 0.4) is 0 Å². The van der Waals surface area contributed by atoms with Crippen LogP contribution >= 0.6 is 0 Å². The summed E-state index contributed by atoms with van der Waals surface area (Å²) in [5.41, 5.74) is -0.544. The maximum absolute atomic E-state index is 11.4. The molecule has 0 spiro atoms. The van der Waals surface area contributed by atoms with Crippen molar-refractivity contribution in [2.45, 2.75) is 18.0 Å². The maximum Gasteiger partial charge on any atom is 0.231 e. The number of methoxy groups -OCH3 is 1. The first-order chi connectivity index (χ1) is 14.7. The minimum atomic E-state index is -1.32. The van der Waals surface area contributed by atoms with Crippen LogP contribution in [0, 0.1) is 5.92 Å². The second kappa shape index (κ2) is 6.56. The molecule has 2 saturated heterocycles. The monoisotopic (exact) mass is 416 g/mol. The summed E-state index contributed by atoms with van der Waals surface area (Å²) in [6.07, 6.45) is -1.32. The van der Waals surface area contributed by atoms with Crippen molar-refractivity contribution in [2.24, 2.45) is 5.92 Å². The van der Waals surface area contributed by atoms with E-state index >= 15 is 0 Å². The molecule has 30 heavy (non-hydrogen) atoms. The third-order valence-electron chi connectivity index (χ3n) is 5.96. The van der Waals surface area contributed by atoms with Crippen molar-refractivity contribution < 1.29 is 43.0 Å². The second-order valence-corrected chi connectivity index (χ2v) is 7.55. The molecule has 2 aromatic carbocycles. The summed E-state index contributed by atoms with van der Waals surface area (Å²) >= 11 is 0. The minimum absolute atomic E-state index is 0.0646. The molecule has 9 heteroatoms. The zero-order valence-electron chi connectivity index (χ0n) is 16.2. The molecule has 4 unspecified atom stereocenters. The summed E-state index contributed by atoms with van der Waals surface area (Å²) in [6, 6.07) is 8.92. The molecule has 0 amide bonds. The first kappa shape index (κ1) is 17.9. The lowest BCUT2D eigenvalue weighted by atomic mass is 9.85. The second-order valence-electron chi connectivity index (χ2n) is 7.55. The van der Waals surface area contributed by atoms with Crippen LogP contribution in [0.5, 0.6) is 34.5 Å². The molecule has 2 fully saturated rings. The van der Waals surface area contributed by atoms with Crippen LogP contribution in [0.4, 0.5) is 0 Å². The number of fused-ring (bicyclic) bond motifs is 3. The van der Waals surface area contributed by atoms with E-state index in [0.717, 1.165) is 5.56 Å². The van der Waals surface area contributed by atoms with Crippen molar-refractivity contribution >= 4 is 0 Å². The predicted octanol–water partition coefficient (Wildman–Crippen LogP) is 2.01. The number of hydrogen-bond donors (Lipinski definition) is 1. The summed E-state index contributed by atoms with van der Waals surface area (Å²) < 4.78 is 45.1. The molecule has 4 heterocycles. The van der Waals surface area contributed by atoms with Crippen molar-refractivity contribution in [2.75, 3.05) is 33.9 Å². The Hall–Kier alpha value is -2.88. The van der Waals surface area contributed by atoms with Gasteiger partial charge in [-0.25, -0.2) is 0 Å². The Morgan fingerprint density at radius 1 is 0.967 bits per heavy atom. The van der Waals surface area contributed by atoms with Crippen LogP contribution < -0.4 is 28.4 Å². The number of aliphatic hydroxyl groups is 1. The van der Waals surface area contributed by atoms with E-state index in [1.54, 1.807) is 25.3 Å². The lowest BCUT2D eigenvalue weighted by Crippen LogP contribution is -2.46. The van der Waals surface area contributed by atoms with Gasteiger partial charge in [-0.05, 0) is 24.3 Å². The molecule has 1 N–H and O–H groups in total. The van der Waals surface area contributed by atoms with Crippen LogP contribution in [0.1, 0.15) is 11.7 Å². The normalized spacial score (nSPS) is 30.4. The van der Waals surface area contributed by atoms with E-state index in [2.05, 4.69) is 0 Å². The Bertz CT molecular complexity index is 993. The average molecular weight is 416 g/mol. The topological polar surface area (TPSA) is 94.1 Å². The third kappa shape index (κ3) is 2.52. The molecule has 6 rings (SSSR count). The van der Waals surface area contributed by atoms with E-state index in [-0.39, 0.29) is 32.7 Å². The molecular formula is C21H20O9. The molecule has 0 saturated carbocycles. The van der Waals surface area contributed by atoms with Crippen molar-refractivity contribution in [3.63, 3.8) is 0 Å². The molecule has 158 valence electrons. The number of benzene rings is 2. The average Bonchev–Trinajstić information content (AvgIpc) is 3.52. The highest BCUT2D eigenvalue weighted by Crippen LogP contribution is 2.53. The van der Waals surface area contributed by atoms with Crippen LogP contribution in [0.25, 0.3) is 0 Å². The SMILES string of the molecule is COc1c(C2OCC3(O)C(Oc4ccc5c(c4)OCO5)OCC23)ccc2c1OCO2. The van der Waals surface area contributed by atoms with Gasteiger partial charge >= 0.3 is 0 Å². The summed E-state index contributed by atoms with van der Waals surface area (Å²) in [7, 11) is 1.57. The van der Waals surface area contributed by atoms with Crippen molar-refractivity contribution in [3.8, 4) is 34.5 Å². The van der Waals surface area contributed by atoms with Gasteiger partial charge < -0.3 is 43.0 Å². The highest BCUT2D eigenvalue weighted by atomic mass is 16.7. The van der Waals surface area contributed by atoms with Gasteiger partial charge in [0.05, 0.1) is 32.3 Å². The van der Waals surface area contributed by atoms with Crippen LogP contribution in [-0.2, 0) is 9.47 Å². The molecule has 0 aliphatic carbocycles. The molecule has 0 radical (unpaired) electrons. The summed E-state index contributed by atoms with van der Waals surface area (Å²) in [5.74, 6) is 3.13. The summed E-state index contributed by atoms with van der Waals surface area (Å²) in [4.78, 5) is 0. The summed E-state index contributed by atoms with van der Waals surface area (Å²) in [6.45, 7) is 0.656. The van der Waals surface area contributed by atoms with Gasteiger partial charge in [0.1, 0.15) is 5.75 Å². The van der Waals surface area contributed by atoms with Gasteiger partial charge in [-0.15, -0.1) is 0 Å². The van der Waals surface area contributed by atoms with Gasteiger partial charge in [0.2, 0.25) is 25.6 Å². The van der Waals surface area contributed by atoms with Gasteiger partial charge in [-0.3, -0.25) is 0 Å². The van der Waals surface area contributed by atoms with Crippen molar-refractivity contribution in [1.29, 1.82) is 0 Å². The molecule has 9 nitrogen and oxygen atoms in total.